The lowest BCUT2D eigenvalue weighted by molar-refractivity contribution is -0.128. The number of rotatable bonds is 11. The molecule has 0 radical (unpaired) electrons. The molecule has 3 amide bonds. The second-order valence-electron chi connectivity index (χ2n) is 7.17. The number of carbonyl (C=O) groups is 3. The van der Waals surface area contributed by atoms with Gasteiger partial charge in [-0.15, -0.1) is 0 Å². The lowest BCUT2D eigenvalue weighted by Gasteiger charge is -2.14. The van der Waals surface area contributed by atoms with Gasteiger partial charge in [-0.1, -0.05) is 18.9 Å². The number of phenols is 1. The molecule has 29 heavy (non-hydrogen) atoms. The average molecular weight is 402 g/mol. The predicted molar refractivity (Wildman–Crippen MR) is 111 cm³/mol. The fraction of sp³-hybridized carbons (Fsp3) is 0.476. The highest BCUT2D eigenvalue weighted by atomic mass is 16.3. The summed E-state index contributed by atoms with van der Waals surface area (Å²) in [6.45, 7) is 4.38. The van der Waals surface area contributed by atoms with Gasteiger partial charge in [0.25, 0.3) is 0 Å². The predicted octanol–water partition coefficient (Wildman–Crippen LogP) is 1.73. The Morgan fingerprint density at radius 1 is 1.07 bits per heavy atom. The highest BCUT2D eigenvalue weighted by Crippen LogP contribution is 2.27. The van der Waals surface area contributed by atoms with Crippen LogP contribution in [-0.4, -0.2) is 46.9 Å². The van der Waals surface area contributed by atoms with Crippen molar-refractivity contribution in [2.45, 2.75) is 52.0 Å². The van der Waals surface area contributed by atoms with Gasteiger partial charge in [-0.25, -0.2) is 0 Å². The zero-order chi connectivity index (χ0) is 21.2. The quantitative estimate of drug-likeness (QED) is 0.367. The third-order valence-electron chi connectivity index (χ3n) is 4.66. The van der Waals surface area contributed by atoms with Gasteiger partial charge >= 0.3 is 0 Å². The molecule has 0 aliphatic heterocycles. The van der Waals surface area contributed by atoms with E-state index in [9.17, 15) is 19.5 Å². The third kappa shape index (κ3) is 7.14. The first-order valence-corrected chi connectivity index (χ1v) is 9.98. The summed E-state index contributed by atoms with van der Waals surface area (Å²) >= 11 is 0. The average Bonchev–Trinajstić information content (AvgIpc) is 3.07. The molecule has 2 aromatic rings. The lowest BCUT2D eigenvalue weighted by atomic mass is 10.1. The number of fused-ring (bicyclic) bond motifs is 1. The summed E-state index contributed by atoms with van der Waals surface area (Å²) in [5.41, 5.74) is 1.44. The van der Waals surface area contributed by atoms with E-state index in [1.54, 1.807) is 25.3 Å². The van der Waals surface area contributed by atoms with Crippen LogP contribution in [-0.2, 0) is 20.8 Å². The molecule has 0 spiro atoms. The molecule has 0 bridgehead atoms. The second kappa shape index (κ2) is 11.1. The van der Waals surface area contributed by atoms with Crippen LogP contribution in [0.25, 0.3) is 10.9 Å². The monoisotopic (exact) mass is 402 g/mol. The van der Waals surface area contributed by atoms with E-state index in [0.717, 1.165) is 31.2 Å². The smallest absolute Gasteiger partial charge is 0.242 e. The van der Waals surface area contributed by atoms with Crippen LogP contribution >= 0.6 is 0 Å². The Balaban J connectivity index is 1.67. The van der Waals surface area contributed by atoms with Gasteiger partial charge in [-0.2, -0.15) is 0 Å². The standard InChI is InChI=1S/C21H30N4O4/c1-14(21(29)23-11-6-4-3-5-10-22-15(2)26)25-19(28)12-16-13-24-17-8-7-9-18(27)20(16)17/h7-9,13-14,24,27H,3-6,10-12H2,1-2H3,(H,22,26)(H,23,29)(H,25,28)/t14-/m0/s1. The molecule has 1 aromatic carbocycles. The zero-order valence-corrected chi connectivity index (χ0v) is 17.0. The first-order valence-electron chi connectivity index (χ1n) is 9.98. The van der Waals surface area contributed by atoms with E-state index < -0.39 is 6.04 Å². The number of H-pyrrole nitrogens is 1. The fourth-order valence-corrected chi connectivity index (χ4v) is 3.14. The first kappa shape index (κ1) is 22.3. The van der Waals surface area contributed by atoms with Crippen LogP contribution in [0.3, 0.4) is 0 Å². The largest absolute Gasteiger partial charge is 0.507 e. The van der Waals surface area contributed by atoms with E-state index >= 15 is 0 Å². The van der Waals surface area contributed by atoms with Gasteiger partial charge < -0.3 is 26.0 Å². The lowest BCUT2D eigenvalue weighted by Crippen LogP contribution is -2.45. The molecule has 0 saturated heterocycles. The second-order valence-corrected chi connectivity index (χ2v) is 7.17. The maximum Gasteiger partial charge on any atom is 0.242 e. The summed E-state index contributed by atoms with van der Waals surface area (Å²) in [5.74, 6) is -0.405. The summed E-state index contributed by atoms with van der Waals surface area (Å²) in [6.07, 6.45) is 5.49. The number of carbonyl (C=O) groups excluding carboxylic acids is 3. The Morgan fingerprint density at radius 2 is 1.76 bits per heavy atom. The van der Waals surface area contributed by atoms with Crippen molar-refractivity contribution < 1.29 is 19.5 Å². The molecule has 0 aliphatic carbocycles. The molecule has 158 valence electrons. The molecule has 0 saturated carbocycles. The van der Waals surface area contributed by atoms with Crippen molar-refractivity contribution >= 4 is 28.6 Å². The highest BCUT2D eigenvalue weighted by Gasteiger charge is 2.17. The van der Waals surface area contributed by atoms with Gasteiger partial charge in [-0.05, 0) is 37.5 Å². The third-order valence-corrected chi connectivity index (χ3v) is 4.66. The Hall–Kier alpha value is -3.03. The number of unbranched alkanes of at least 4 members (excludes halogenated alkanes) is 3. The van der Waals surface area contributed by atoms with Crippen molar-refractivity contribution in [1.82, 2.24) is 20.9 Å². The Labute approximate surface area is 170 Å². The summed E-state index contributed by atoms with van der Waals surface area (Å²) in [5, 5.41) is 18.9. The van der Waals surface area contributed by atoms with Crippen LogP contribution in [0.15, 0.2) is 24.4 Å². The maximum atomic E-state index is 12.3. The molecule has 1 aromatic heterocycles. The summed E-state index contributed by atoms with van der Waals surface area (Å²) in [6, 6.07) is 4.49. The van der Waals surface area contributed by atoms with Gasteiger partial charge in [-0.3, -0.25) is 14.4 Å². The van der Waals surface area contributed by atoms with Crippen LogP contribution in [0.1, 0.15) is 45.1 Å². The van der Waals surface area contributed by atoms with Gasteiger partial charge in [0.05, 0.1) is 6.42 Å². The molecule has 1 atom stereocenters. The molecule has 0 unspecified atom stereocenters. The fourth-order valence-electron chi connectivity index (χ4n) is 3.14. The molecule has 0 fully saturated rings. The Kier molecular flexibility index (Phi) is 8.51. The normalized spacial score (nSPS) is 11.8. The number of nitrogens with one attached hydrogen (secondary N) is 4. The van der Waals surface area contributed by atoms with Crippen molar-refractivity contribution in [3.8, 4) is 5.75 Å². The van der Waals surface area contributed by atoms with E-state index in [-0.39, 0.29) is 29.9 Å². The SMILES string of the molecule is CC(=O)NCCCCCCNC(=O)[C@H](C)NC(=O)Cc1c[nH]c2cccc(O)c12. The van der Waals surface area contributed by atoms with E-state index in [0.29, 0.717) is 24.0 Å². The molecule has 2 rings (SSSR count). The number of aromatic hydroxyl groups is 1. The molecule has 8 heteroatoms. The van der Waals surface area contributed by atoms with Crippen molar-refractivity contribution in [3.05, 3.63) is 30.0 Å². The topological polar surface area (TPSA) is 123 Å². The molecule has 5 N–H and O–H groups in total. The summed E-state index contributed by atoms with van der Waals surface area (Å²) < 4.78 is 0. The van der Waals surface area contributed by atoms with Crippen LogP contribution in [0.5, 0.6) is 5.75 Å². The number of aromatic amines is 1. The minimum atomic E-state index is -0.638. The van der Waals surface area contributed by atoms with Crippen molar-refractivity contribution in [2.75, 3.05) is 13.1 Å². The van der Waals surface area contributed by atoms with E-state index in [4.69, 9.17) is 0 Å². The van der Waals surface area contributed by atoms with Gasteiger partial charge in [0.2, 0.25) is 17.7 Å². The molecule has 0 aliphatic rings. The first-order chi connectivity index (χ1) is 13.9. The summed E-state index contributed by atoms with van der Waals surface area (Å²) in [4.78, 5) is 38.2. The van der Waals surface area contributed by atoms with Crippen molar-refractivity contribution in [1.29, 1.82) is 0 Å². The van der Waals surface area contributed by atoms with Crippen LogP contribution in [0.4, 0.5) is 0 Å². The molecule has 1 heterocycles. The number of aromatic nitrogens is 1. The van der Waals surface area contributed by atoms with Crippen LogP contribution in [0.2, 0.25) is 0 Å². The Morgan fingerprint density at radius 3 is 2.45 bits per heavy atom. The van der Waals surface area contributed by atoms with Crippen molar-refractivity contribution in [2.24, 2.45) is 0 Å². The van der Waals surface area contributed by atoms with E-state index in [2.05, 4.69) is 20.9 Å². The van der Waals surface area contributed by atoms with E-state index in [1.165, 1.54) is 6.92 Å². The minimum Gasteiger partial charge on any atom is -0.507 e. The maximum absolute atomic E-state index is 12.3. The number of amides is 3. The van der Waals surface area contributed by atoms with Gasteiger partial charge in [0.15, 0.2) is 0 Å². The zero-order valence-electron chi connectivity index (χ0n) is 17.0. The molecular formula is C21H30N4O4. The van der Waals surface area contributed by atoms with E-state index in [1.807, 2.05) is 6.07 Å². The molecular weight excluding hydrogens is 372 g/mol. The number of hydrogen-bond acceptors (Lipinski definition) is 4. The number of phenolic OH excluding ortho intramolecular Hbond substituents is 1. The Bertz CT molecular complexity index is 846. The highest BCUT2D eigenvalue weighted by molar-refractivity contribution is 5.94. The van der Waals surface area contributed by atoms with Crippen LogP contribution in [0, 0.1) is 0 Å². The number of hydrogen-bond donors (Lipinski definition) is 5. The van der Waals surface area contributed by atoms with Crippen LogP contribution < -0.4 is 16.0 Å². The van der Waals surface area contributed by atoms with Gasteiger partial charge in [0.1, 0.15) is 11.8 Å². The molecule has 8 nitrogen and oxygen atoms in total. The van der Waals surface area contributed by atoms with Gasteiger partial charge in [0, 0.05) is 37.1 Å². The minimum absolute atomic E-state index is 0.0187. The number of benzene rings is 1. The summed E-state index contributed by atoms with van der Waals surface area (Å²) in [7, 11) is 0. The van der Waals surface area contributed by atoms with Crippen molar-refractivity contribution in [3.63, 3.8) is 0 Å².